The molecule has 2 bridgehead atoms. The summed E-state index contributed by atoms with van der Waals surface area (Å²) in [5.41, 5.74) is 4.44. The fraction of sp³-hybridized carbons (Fsp3) is 0.270. The maximum absolute atomic E-state index is 14.2. The van der Waals surface area contributed by atoms with Crippen LogP contribution in [-0.4, -0.2) is 47.1 Å². The summed E-state index contributed by atoms with van der Waals surface area (Å²) in [6.45, 7) is 1.39. The molecule has 1 aliphatic heterocycles. The van der Waals surface area contributed by atoms with Crippen molar-refractivity contribution < 1.29 is 37.9 Å². The summed E-state index contributed by atoms with van der Waals surface area (Å²) < 4.78 is 15.7. The third-order valence-corrected chi connectivity index (χ3v) is 9.35. The summed E-state index contributed by atoms with van der Waals surface area (Å²) in [5.74, 6) is -4.21. The highest BCUT2D eigenvalue weighted by Gasteiger charge is 2.63. The summed E-state index contributed by atoms with van der Waals surface area (Å²) in [4.78, 5) is 68.2. The van der Waals surface area contributed by atoms with Gasteiger partial charge in [-0.1, -0.05) is 68.3 Å². The number of hydrogen-bond donors (Lipinski definition) is 0. The lowest BCUT2D eigenvalue weighted by Gasteiger charge is -2.45. The van der Waals surface area contributed by atoms with E-state index in [1.165, 1.54) is 36.6 Å². The average molecular weight is 618 g/mol. The first-order chi connectivity index (χ1) is 22.4. The number of benzene rings is 3. The smallest absolute Gasteiger partial charge is 0.379 e. The molecule has 1 saturated heterocycles. The summed E-state index contributed by atoms with van der Waals surface area (Å²) in [6.07, 6.45) is 2.93. The molecular weight excluding hydrogens is 586 g/mol. The number of unbranched alkanes of at least 4 members (excludes halogenated alkanes) is 1. The molecule has 0 spiro atoms. The molecule has 3 atom stereocenters. The fourth-order valence-electron chi connectivity index (χ4n) is 7.33. The van der Waals surface area contributed by atoms with Crippen molar-refractivity contribution in [2.75, 3.05) is 6.61 Å². The van der Waals surface area contributed by atoms with Crippen LogP contribution in [0.2, 0.25) is 0 Å². The Bertz CT molecular complexity index is 1730. The Morgan fingerprint density at radius 1 is 0.783 bits per heavy atom. The quantitative estimate of drug-likeness (QED) is 0.0966. The van der Waals surface area contributed by atoms with E-state index in [1.807, 2.05) is 55.5 Å². The number of esters is 2. The molecule has 0 N–H and O–H groups in total. The van der Waals surface area contributed by atoms with Gasteiger partial charge in [0.15, 0.2) is 12.4 Å². The molecule has 1 fully saturated rings. The third kappa shape index (κ3) is 4.83. The Hall–Kier alpha value is -5.31. The normalized spacial score (nSPS) is 21.3. The highest BCUT2D eigenvalue weighted by Crippen LogP contribution is 2.61. The van der Waals surface area contributed by atoms with Gasteiger partial charge in [0, 0.05) is 17.4 Å². The van der Waals surface area contributed by atoms with Crippen molar-refractivity contribution in [1.29, 1.82) is 0 Å². The third-order valence-electron chi connectivity index (χ3n) is 9.35. The van der Waals surface area contributed by atoms with E-state index in [0.717, 1.165) is 33.6 Å². The first-order valence-electron chi connectivity index (χ1n) is 15.5. The van der Waals surface area contributed by atoms with Crippen LogP contribution in [0.4, 0.5) is 0 Å². The van der Waals surface area contributed by atoms with Crippen molar-refractivity contribution in [3.05, 3.63) is 125 Å². The average Bonchev–Trinajstić information content (AvgIpc) is 3.72. The molecule has 3 unspecified atom stereocenters. The molecule has 0 saturated carbocycles. The van der Waals surface area contributed by atoms with Gasteiger partial charge in [-0.2, -0.15) is 0 Å². The van der Waals surface area contributed by atoms with Gasteiger partial charge in [-0.25, -0.2) is 9.59 Å². The molecule has 0 radical (unpaired) electrons. The van der Waals surface area contributed by atoms with E-state index in [9.17, 15) is 24.0 Å². The number of rotatable bonds is 10. The first kappa shape index (κ1) is 29.4. The number of carbonyl (C=O) groups excluding carboxylic acids is 5. The molecule has 9 heteroatoms. The van der Waals surface area contributed by atoms with Crippen molar-refractivity contribution in [2.45, 2.75) is 44.1 Å². The molecule has 3 aromatic carbocycles. The molecule has 9 nitrogen and oxygen atoms in total. The predicted octanol–water partition coefficient (Wildman–Crippen LogP) is 5.68. The highest BCUT2D eigenvalue weighted by molar-refractivity contribution is 6.10. The van der Waals surface area contributed by atoms with Crippen LogP contribution in [0.3, 0.4) is 0 Å². The van der Waals surface area contributed by atoms with Crippen LogP contribution < -0.4 is 4.74 Å². The van der Waals surface area contributed by atoms with Crippen molar-refractivity contribution in [3.63, 3.8) is 0 Å². The Kier molecular flexibility index (Phi) is 7.60. The molecule has 2 amide bonds. The maximum Gasteiger partial charge on any atom is 0.379 e. The summed E-state index contributed by atoms with van der Waals surface area (Å²) in [7, 11) is 0. The number of Topliss-reactive ketones (excluding diaryl/α,β-unsaturated/α-hetero) is 1. The van der Waals surface area contributed by atoms with Gasteiger partial charge in [-0.3, -0.25) is 19.3 Å². The molecule has 1 aromatic heterocycles. The van der Waals surface area contributed by atoms with Crippen molar-refractivity contribution >= 4 is 29.5 Å². The zero-order chi connectivity index (χ0) is 31.9. The van der Waals surface area contributed by atoms with Gasteiger partial charge in [0.25, 0.3) is 0 Å². The van der Waals surface area contributed by atoms with Gasteiger partial charge in [-0.05, 0) is 65.1 Å². The van der Waals surface area contributed by atoms with E-state index in [-0.39, 0.29) is 47.1 Å². The molecule has 232 valence electrons. The minimum Gasteiger partial charge on any atom is -0.457 e. The van der Waals surface area contributed by atoms with E-state index in [0.29, 0.717) is 6.42 Å². The van der Waals surface area contributed by atoms with Gasteiger partial charge in [0.05, 0.1) is 18.1 Å². The molecular formula is C37H31NO8. The number of furan rings is 1. The van der Waals surface area contributed by atoms with Gasteiger partial charge in [0.2, 0.25) is 17.6 Å². The minimum atomic E-state index is -1.13. The molecule has 8 rings (SSSR count). The lowest BCUT2D eigenvalue weighted by molar-refractivity contribution is -0.158. The monoisotopic (exact) mass is 617 g/mol. The number of likely N-dealkylation sites (tertiary alicyclic amines) is 1. The topological polar surface area (TPSA) is 120 Å². The molecule has 3 aliphatic carbocycles. The zero-order valence-electron chi connectivity index (χ0n) is 25.1. The Labute approximate surface area is 265 Å². The van der Waals surface area contributed by atoms with Crippen LogP contribution in [0.1, 0.15) is 81.2 Å². The summed E-state index contributed by atoms with van der Waals surface area (Å²) in [5, 5.41) is 0. The van der Waals surface area contributed by atoms with Crippen molar-refractivity contribution in [2.24, 2.45) is 11.8 Å². The van der Waals surface area contributed by atoms with Gasteiger partial charge >= 0.3 is 11.9 Å². The van der Waals surface area contributed by atoms with Crippen LogP contribution in [-0.2, 0) is 19.1 Å². The first-order valence-corrected chi connectivity index (χ1v) is 15.5. The number of carbonyl (C=O) groups is 5. The zero-order valence-corrected chi connectivity index (χ0v) is 25.1. The molecule has 2 heterocycles. The van der Waals surface area contributed by atoms with Crippen LogP contribution in [0.25, 0.3) is 0 Å². The largest absolute Gasteiger partial charge is 0.457 e. The number of hydrogen-bond acceptors (Lipinski definition) is 8. The molecule has 46 heavy (non-hydrogen) atoms. The summed E-state index contributed by atoms with van der Waals surface area (Å²) in [6, 6.07) is 23.7. The molecule has 4 aromatic rings. The van der Waals surface area contributed by atoms with E-state index >= 15 is 0 Å². The fourth-order valence-corrected chi connectivity index (χ4v) is 7.33. The Morgan fingerprint density at radius 2 is 1.35 bits per heavy atom. The number of ether oxygens (including phenoxy) is 2. The van der Waals surface area contributed by atoms with E-state index < -0.39 is 42.2 Å². The Balaban J connectivity index is 1.08. The lowest BCUT2D eigenvalue weighted by atomic mass is 9.55. The maximum atomic E-state index is 14.2. The minimum absolute atomic E-state index is 0.0423. The van der Waals surface area contributed by atoms with E-state index in [1.54, 1.807) is 6.07 Å². The number of amides is 2. The van der Waals surface area contributed by atoms with Crippen LogP contribution >= 0.6 is 0 Å². The second kappa shape index (κ2) is 11.9. The van der Waals surface area contributed by atoms with Crippen LogP contribution in [0.5, 0.6) is 5.75 Å². The number of imide groups is 1. The van der Waals surface area contributed by atoms with E-state index in [4.69, 9.17) is 13.9 Å². The number of nitrogens with zero attached hydrogens (tertiary/aromatic N) is 1. The second-order valence-electron chi connectivity index (χ2n) is 11.9. The van der Waals surface area contributed by atoms with Crippen LogP contribution in [0, 0.1) is 11.8 Å². The van der Waals surface area contributed by atoms with Crippen LogP contribution in [0.15, 0.2) is 95.6 Å². The summed E-state index contributed by atoms with van der Waals surface area (Å²) >= 11 is 0. The SMILES string of the molecule is CCCCC(C(=O)OCC(=O)c1ccc(OC(=O)c2ccco2)cc1)N1C(=O)C2C3c4ccccc4C(c4ccccc43)C2C1=O. The lowest BCUT2D eigenvalue weighted by Crippen LogP contribution is -2.46. The highest BCUT2D eigenvalue weighted by atomic mass is 16.5. The standard InChI is InChI=1S/C37H31NO8/c1-2-3-13-27(36(42)45-20-28(39)21-15-17-22(18-16-21)46-37(43)29-14-8-19-44-29)38-34(40)32-30-23-9-4-5-10-24(23)31(33(32)35(38)41)26-12-7-6-11-25(26)30/h4-12,14-19,27,30-33H,2-3,13,20H2,1H3. The van der Waals surface area contributed by atoms with E-state index in [2.05, 4.69) is 0 Å². The van der Waals surface area contributed by atoms with Crippen molar-refractivity contribution in [1.82, 2.24) is 4.90 Å². The molecule has 4 aliphatic rings. The predicted molar refractivity (Wildman–Crippen MR) is 164 cm³/mol. The van der Waals surface area contributed by atoms with Gasteiger partial charge in [-0.15, -0.1) is 0 Å². The van der Waals surface area contributed by atoms with Crippen molar-refractivity contribution in [3.8, 4) is 5.75 Å². The van der Waals surface area contributed by atoms with Gasteiger partial charge < -0.3 is 13.9 Å². The Morgan fingerprint density at radius 3 is 1.85 bits per heavy atom. The van der Waals surface area contributed by atoms with Gasteiger partial charge in [0.1, 0.15) is 11.8 Å². The second-order valence-corrected chi connectivity index (χ2v) is 11.9. The number of ketones is 1.